The van der Waals surface area contributed by atoms with Gasteiger partial charge in [-0.25, -0.2) is 4.39 Å². The molecule has 0 atom stereocenters. The van der Waals surface area contributed by atoms with Crippen LogP contribution in [0.3, 0.4) is 0 Å². The molecule has 1 aromatic heterocycles. The van der Waals surface area contributed by atoms with Gasteiger partial charge in [-0.2, -0.15) is 0 Å². The van der Waals surface area contributed by atoms with Crippen LogP contribution >= 0.6 is 12.2 Å². The Balaban J connectivity index is 1.99. The normalized spacial score (nSPS) is 16.1. The zero-order valence-electron chi connectivity index (χ0n) is 15.8. The van der Waals surface area contributed by atoms with Gasteiger partial charge in [0.1, 0.15) is 11.4 Å². The maximum atomic E-state index is 13.2. The fourth-order valence-electron chi connectivity index (χ4n) is 3.16. The van der Waals surface area contributed by atoms with Gasteiger partial charge in [0.05, 0.1) is 13.2 Å². The van der Waals surface area contributed by atoms with Crippen LogP contribution in [0.4, 0.5) is 4.39 Å². The summed E-state index contributed by atoms with van der Waals surface area (Å²) in [6.45, 7) is 4.33. The predicted molar refractivity (Wildman–Crippen MR) is 108 cm³/mol. The number of benzene rings is 1. The van der Waals surface area contributed by atoms with E-state index >= 15 is 0 Å². The Bertz CT molecular complexity index is 979. The van der Waals surface area contributed by atoms with Crippen molar-refractivity contribution in [3.05, 3.63) is 58.7 Å². The fourth-order valence-corrected chi connectivity index (χ4v) is 3.42. The Hall–Kier alpha value is -2.84. The number of ether oxygens (including phenoxy) is 1. The van der Waals surface area contributed by atoms with Gasteiger partial charge in [-0.15, -0.1) is 0 Å². The summed E-state index contributed by atoms with van der Waals surface area (Å²) in [5, 5.41) is 2.61. The average Bonchev–Trinajstić information content (AvgIpc) is 2.93. The molecule has 3 rings (SSSR count). The van der Waals surface area contributed by atoms with Crippen LogP contribution in [0.25, 0.3) is 11.8 Å². The Morgan fingerprint density at radius 2 is 1.89 bits per heavy atom. The predicted octanol–water partition coefficient (Wildman–Crippen LogP) is 2.51. The van der Waals surface area contributed by atoms with Gasteiger partial charge < -0.3 is 9.30 Å². The smallest absolute Gasteiger partial charge is 0.265 e. The summed E-state index contributed by atoms with van der Waals surface area (Å²) >= 11 is 5.09. The van der Waals surface area contributed by atoms with Gasteiger partial charge in [0.25, 0.3) is 11.8 Å². The summed E-state index contributed by atoms with van der Waals surface area (Å²) < 4.78 is 20.2. The molecule has 0 saturated carbocycles. The van der Waals surface area contributed by atoms with Crippen molar-refractivity contribution in [2.75, 3.05) is 20.3 Å². The van der Waals surface area contributed by atoms with E-state index in [1.54, 1.807) is 18.2 Å². The van der Waals surface area contributed by atoms with E-state index < -0.39 is 11.8 Å². The van der Waals surface area contributed by atoms with E-state index in [1.807, 2.05) is 24.5 Å². The van der Waals surface area contributed by atoms with E-state index in [1.165, 1.54) is 24.1 Å². The van der Waals surface area contributed by atoms with Crippen molar-refractivity contribution in [2.24, 2.45) is 0 Å². The minimum atomic E-state index is -0.532. The molecule has 0 spiro atoms. The zero-order chi connectivity index (χ0) is 20.4. The monoisotopic (exact) mass is 401 g/mol. The van der Waals surface area contributed by atoms with Crippen molar-refractivity contribution in [3.63, 3.8) is 0 Å². The van der Waals surface area contributed by atoms with Crippen LogP contribution < -0.4 is 5.32 Å². The molecular formula is C20H20FN3O3S. The van der Waals surface area contributed by atoms with Gasteiger partial charge in [-0.3, -0.25) is 19.8 Å². The molecule has 1 aliphatic heterocycles. The first-order valence-corrected chi connectivity index (χ1v) is 9.07. The Labute approximate surface area is 167 Å². The molecule has 6 nitrogen and oxygen atoms in total. The van der Waals surface area contributed by atoms with E-state index in [-0.39, 0.29) is 23.0 Å². The van der Waals surface area contributed by atoms with Gasteiger partial charge in [0.15, 0.2) is 5.11 Å². The minimum Gasteiger partial charge on any atom is -0.383 e. The number of aryl methyl sites for hydroxylation is 1. The summed E-state index contributed by atoms with van der Waals surface area (Å²) in [7, 11) is 1.52. The van der Waals surface area contributed by atoms with E-state index in [4.69, 9.17) is 17.0 Å². The van der Waals surface area contributed by atoms with Crippen molar-refractivity contribution in [1.29, 1.82) is 0 Å². The maximum absolute atomic E-state index is 13.2. The number of rotatable bonds is 5. The third kappa shape index (κ3) is 3.74. The Morgan fingerprint density at radius 3 is 2.54 bits per heavy atom. The molecule has 0 radical (unpaired) electrons. The standard InChI is InChI=1S/C20H20FN3O3S/c1-12-10-14(13(2)24(12)16-6-4-15(21)5-7-16)11-17-18(25)22-20(28)23(19(17)26)8-9-27-3/h4-7,10-11H,8-9H2,1-3H3,(H,22,25,28)/b17-11-. The molecule has 2 amide bonds. The molecule has 1 N–H and O–H groups in total. The number of hydrogen-bond acceptors (Lipinski definition) is 4. The van der Waals surface area contributed by atoms with Crippen molar-refractivity contribution in [3.8, 4) is 5.69 Å². The number of thiocarbonyl (C=S) groups is 1. The molecule has 1 saturated heterocycles. The van der Waals surface area contributed by atoms with Crippen molar-refractivity contribution < 1.29 is 18.7 Å². The molecule has 1 fully saturated rings. The first-order chi connectivity index (χ1) is 13.3. The van der Waals surface area contributed by atoms with Gasteiger partial charge in [0, 0.05) is 24.2 Å². The van der Waals surface area contributed by atoms with Crippen molar-refractivity contribution in [1.82, 2.24) is 14.8 Å². The summed E-state index contributed by atoms with van der Waals surface area (Å²) in [6, 6.07) is 8.00. The summed E-state index contributed by atoms with van der Waals surface area (Å²) in [5.41, 5.74) is 3.24. The number of halogens is 1. The molecule has 146 valence electrons. The molecular weight excluding hydrogens is 381 g/mol. The minimum absolute atomic E-state index is 0.00376. The Kier molecular flexibility index (Phi) is 5.71. The first-order valence-electron chi connectivity index (χ1n) is 8.66. The van der Waals surface area contributed by atoms with Gasteiger partial charge in [0.2, 0.25) is 0 Å². The summed E-state index contributed by atoms with van der Waals surface area (Å²) in [6.07, 6.45) is 1.56. The molecule has 1 aliphatic rings. The lowest BCUT2D eigenvalue weighted by Crippen LogP contribution is -2.54. The highest BCUT2D eigenvalue weighted by atomic mass is 32.1. The molecule has 1 aromatic carbocycles. The van der Waals surface area contributed by atoms with Crippen molar-refractivity contribution in [2.45, 2.75) is 13.8 Å². The summed E-state index contributed by atoms with van der Waals surface area (Å²) in [4.78, 5) is 26.4. The molecule has 0 bridgehead atoms. The van der Waals surface area contributed by atoms with E-state index in [0.29, 0.717) is 6.61 Å². The largest absolute Gasteiger partial charge is 0.383 e. The van der Waals surface area contributed by atoms with E-state index in [9.17, 15) is 14.0 Å². The Morgan fingerprint density at radius 1 is 1.21 bits per heavy atom. The maximum Gasteiger partial charge on any atom is 0.265 e. The van der Waals surface area contributed by atoms with Crippen LogP contribution in [0.1, 0.15) is 17.0 Å². The number of carbonyl (C=O) groups is 2. The number of nitrogens with zero attached hydrogens (tertiary/aromatic N) is 2. The number of carbonyl (C=O) groups excluding carboxylic acids is 2. The highest BCUT2D eigenvalue weighted by molar-refractivity contribution is 7.80. The highest BCUT2D eigenvalue weighted by Gasteiger charge is 2.33. The highest BCUT2D eigenvalue weighted by Crippen LogP contribution is 2.24. The summed E-state index contributed by atoms with van der Waals surface area (Å²) in [5.74, 6) is -1.31. The molecule has 0 aliphatic carbocycles. The van der Waals surface area contributed by atoms with Crippen LogP contribution in [-0.2, 0) is 14.3 Å². The van der Waals surface area contributed by atoms with Gasteiger partial charge in [-0.1, -0.05) is 0 Å². The molecule has 2 aromatic rings. The molecule has 2 heterocycles. The van der Waals surface area contributed by atoms with Crippen molar-refractivity contribution >= 4 is 35.2 Å². The molecule has 8 heteroatoms. The number of aromatic nitrogens is 1. The number of amides is 2. The second kappa shape index (κ2) is 8.04. The number of nitrogens with one attached hydrogen (secondary N) is 1. The fraction of sp³-hybridized carbons (Fsp3) is 0.250. The topological polar surface area (TPSA) is 63.6 Å². The van der Waals surface area contributed by atoms with Crippen LogP contribution in [0.2, 0.25) is 0 Å². The van der Waals surface area contributed by atoms with Gasteiger partial charge in [-0.05, 0) is 68.0 Å². The van der Waals surface area contributed by atoms with Crippen LogP contribution in [0.5, 0.6) is 0 Å². The van der Waals surface area contributed by atoms with E-state index in [0.717, 1.165) is 22.6 Å². The second-order valence-electron chi connectivity index (χ2n) is 6.41. The molecule has 28 heavy (non-hydrogen) atoms. The van der Waals surface area contributed by atoms with Crippen LogP contribution in [0, 0.1) is 19.7 Å². The number of hydrogen-bond donors (Lipinski definition) is 1. The van der Waals surface area contributed by atoms with Crippen LogP contribution in [0.15, 0.2) is 35.9 Å². The van der Waals surface area contributed by atoms with Gasteiger partial charge >= 0.3 is 0 Å². The lowest BCUT2D eigenvalue weighted by atomic mass is 10.1. The van der Waals surface area contributed by atoms with Crippen LogP contribution in [-0.4, -0.2) is 46.7 Å². The lowest BCUT2D eigenvalue weighted by Gasteiger charge is -2.28. The number of methoxy groups -OCH3 is 1. The lowest BCUT2D eigenvalue weighted by molar-refractivity contribution is -0.129. The average molecular weight is 401 g/mol. The first kappa shape index (κ1) is 19.9. The third-order valence-electron chi connectivity index (χ3n) is 4.56. The second-order valence-corrected chi connectivity index (χ2v) is 6.79. The third-order valence-corrected chi connectivity index (χ3v) is 4.88. The molecule has 0 unspecified atom stereocenters. The zero-order valence-corrected chi connectivity index (χ0v) is 16.6. The SMILES string of the molecule is COCCN1C(=O)/C(=C\c2cc(C)n(-c3ccc(F)cc3)c2C)C(=O)NC1=S. The quantitative estimate of drug-likeness (QED) is 0.475. The van der Waals surface area contributed by atoms with E-state index in [2.05, 4.69) is 5.32 Å².